The number of nitrogens with two attached hydrogens (primary N) is 1. The van der Waals surface area contributed by atoms with Gasteiger partial charge in [0.05, 0.1) is 10.9 Å². The van der Waals surface area contributed by atoms with Gasteiger partial charge >= 0.3 is 0 Å². The lowest BCUT2D eigenvalue weighted by Gasteiger charge is -2.14. The molecular weight excluding hydrogens is 258 g/mol. The van der Waals surface area contributed by atoms with E-state index in [1.165, 1.54) is 0 Å². The van der Waals surface area contributed by atoms with Gasteiger partial charge in [-0.25, -0.2) is 0 Å². The van der Waals surface area contributed by atoms with E-state index in [9.17, 15) is 4.79 Å². The van der Waals surface area contributed by atoms with Crippen molar-refractivity contribution in [3.8, 4) is 0 Å². The Morgan fingerprint density at radius 3 is 2.95 bits per heavy atom. The molecule has 0 aliphatic rings. The van der Waals surface area contributed by atoms with Gasteiger partial charge in [-0.05, 0) is 18.6 Å². The van der Waals surface area contributed by atoms with E-state index in [0.717, 1.165) is 16.5 Å². The summed E-state index contributed by atoms with van der Waals surface area (Å²) in [4.78, 5) is 16.4. The Balaban J connectivity index is 2.31. The molecule has 98 valence electrons. The topological polar surface area (TPSA) is 68.0 Å². The minimum absolute atomic E-state index is 0.167. The van der Waals surface area contributed by atoms with Crippen molar-refractivity contribution >= 4 is 39.6 Å². The first kappa shape index (κ1) is 13.4. The van der Waals surface area contributed by atoms with Crippen molar-refractivity contribution in [2.45, 2.75) is 13.3 Å². The molecule has 0 radical (unpaired) electrons. The molecule has 0 aliphatic heterocycles. The number of carbonyl (C=O) groups is 1. The lowest BCUT2D eigenvalue weighted by atomic mass is 10.1. The standard InChI is InChI=1S/C14H15N3OS/c1-2-10(13(15)19)14(18)17-12-5-3-4-9-8-16-7-6-11(9)12/h3-8,10H,2H2,1H3,(H2,15,19)(H,17,18). The van der Waals surface area contributed by atoms with Crippen molar-refractivity contribution < 1.29 is 4.79 Å². The van der Waals surface area contributed by atoms with Gasteiger partial charge in [0.2, 0.25) is 5.91 Å². The molecule has 0 spiro atoms. The molecule has 0 saturated heterocycles. The van der Waals surface area contributed by atoms with E-state index in [4.69, 9.17) is 18.0 Å². The second-order valence-corrected chi connectivity index (χ2v) is 4.73. The lowest BCUT2D eigenvalue weighted by molar-refractivity contribution is -0.118. The second-order valence-electron chi connectivity index (χ2n) is 4.25. The van der Waals surface area contributed by atoms with E-state index in [0.29, 0.717) is 6.42 Å². The van der Waals surface area contributed by atoms with Gasteiger partial charge in [-0.15, -0.1) is 0 Å². The number of pyridine rings is 1. The first-order valence-electron chi connectivity index (χ1n) is 6.06. The zero-order valence-corrected chi connectivity index (χ0v) is 11.4. The number of nitrogens with zero attached hydrogens (tertiary/aromatic N) is 1. The fourth-order valence-corrected chi connectivity index (χ4v) is 2.24. The Labute approximate surface area is 117 Å². The molecule has 19 heavy (non-hydrogen) atoms. The van der Waals surface area contributed by atoms with Crippen LogP contribution in [0.1, 0.15) is 13.3 Å². The molecule has 0 aliphatic carbocycles. The van der Waals surface area contributed by atoms with Crippen LogP contribution >= 0.6 is 12.2 Å². The fraction of sp³-hybridized carbons (Fsp3) is 0.214. The van der Waals surface area contributed by atoms with Gasteiger partial charge in [-0.1, -0.05) is 31.3 Å². The first-order chi connectivity index (χ1) is 9.13. The summed E-state index contributed by atoms with van der Waals surface area (Å²) < 4.78 is 0. The smallest absolute Gasteiger partial charge is 0.234 e. The molecule has 1 amide bonds. The lowest BCUT2D eigenvalue weighted by Crippen LogP contribution is -2.32. The Morgan fingerprint density at radius 2 is 2.26 bits per heavy atom. The summed E-state index contributed by atoms with van der Waals surface area (Å²) in [5.74, 6) is -0.605. The van der Waals surface area contributed by atoms with Crippen LogP contribution in [0.3, 0.4) is 0 Å². The number of benzene rings is 1. The van der Waals surface area contributed by atoms with Gasteiger partial charge in [-0.2, -0.15) is 0 Å². The van der Waals surface area contributed by atoms with Crippen molar-refractivity contribution in [1.29, 1.82) is 0 Å². The number of anilines is 1. The maximum Gasteiger partial charge on any atom is 0.234 e. The summed E-state index contributed by atoms with van der Waals surface area (Å²) >= 11 is 4.91. The van der Waals surface area contributed by atoms with Crippen molar-refractivity contribution in [1.82, 2.24) is 4.98 Å². The highest BCUT2D eigenvalue weighted by Crippen LogP contribution is 2.23. The Hall–Kier alpha value is -2.01. The van der Waals surface area contributed by atoms with Crippen LogP contribution < -0.4 is 11.1 Å². The zero-order valence-electron chi connectivity index (χ0n) is 10.6. The number of hydrogen-bond donors (Lipinski definition) is 2. The minimum atomic E-state index is -0.438. The minimum Gasteiger partial charge on any atom is -0.393 e. The van der Waals surface area contributed by atoms with E-state index in [1.54, 1.807) is 12.4 Å². The van der Waals surface area contributed by atoms with Gasteiger partial charge in [0.1, 0.15) is 0 Å². The number of aromatic nitrogens is 1. The molecule has 0 saturated carbocycles. The van der Waals surface area contributed by atoms with E-state index in [1.807, 2.05) is 31.2 Å². The Kier molecular flexibility index (Phi) is 4.06. The second kappa shape index (κ2) is 5.75. The molecule has 3 N–H and O–H groups in total. The van der Waals surface area contributed by atoms with Crippen LogP contribution in [0.4, 0.5) is 5.69 Å². The van der Waals surface area contributed by atoms with Gasteiger partial charge < -0.3 is 11.1 Å². The predicted molar refractivity (Wildman–Crippen MR) is 80.9 cm³/mol. The summed E-state index contributed by atoms with van der Waals surface area (Å²) in [6.45, 7) is 1.89. The Morgan fingerprint density at radius 1 is 1.47 bits per heavy atom. The summed E-state index contributed by atoms with van der Waals surface area (Å²) in [7, 11) is 0. The largest absolute Gasteiger partial charge is 0.393 e. The van der Waals surface area contributed by atoms with Crippen LogP contribution in [-0.2, 0) is 4.79 Å². The molecule has 1 heterocycles. The van der Waals surface area contributed by atoms with Gasteiger partial charge in [0, 0.05) is 28.9 Å². The third-order valence-electron chi connectivity index (χ3n) is 3.01. The van der Waals surface area contributed by atoms with E-state index < -0.39 is 5.92 Å². The average Bonchev–Trinajstić information content (AvgIpc) is 2.39. The van der Waals surface area contributed by atoms with Crippen LogP contribution in [0.15, 0.2) is 36.7 Å². The average molecular weight is 273 g/mol. The fourth-order valence-electron chi connectivity index (χ4n) is 1.97. The maximum atomic E-state index is 12.1. The van der Waals surface area contributed by atoms with Crippen molar-refractivity contribution in [3.63, 3.8) is 0 Å². The number of amides is 1. The molecule has 0 fully saturated rings. The molecule has 5 heteroatoms. The predicted octanol–water partition coefficient (Wildman–Crippen LogP) is 2.49. The quantitative estimate of drug-likeness (QED) is 0.840. The number of hydrogen-bond acceptors (Lipinski definition) is 3. The monoisotopic (exact) mass is 273 g/mol. The number of thiocarbonyl (C=S) groups is 1. The number of rotatable bonds is 4. The molecule has 0 bridgehead atoms. The maximum absolute atomic E-state index is 12.1. The highest BCUT2D eigenvalue weighted by molar-refractivity contribution is 7.80. The summed E-state index contributed by atoms with van der Waals surface area (Å²) in [6, 6.07) is 7.55. The van der Waals surface area contributed by atoms with Crippen molar-refractivity contribution in [2.75, 3.05) is 5.32 Å². The van der Waals surface area contributed by atoms with Gasteiger partial charge in [0.25, 0.3) is 0 Å². The normalized spacial score (nSPS) is 12.1. The number of carbonyl (C=O) groups excluding carboxylic acids is 1. The van der Waals surface area contributed by atoms with E-state index in [-0.39, 0.29) is 10.9 Å². The van der Waals surface area contributed by atoms with Gasteiger partial charge in [-0.3, -0.25) is 9.78 Å². The number of nitrogens with one attached hydrogen (secondary N) is 1. The molecule has 1 atom stereocenters. The SMILES string of the molecule is CCC(C(=O)Nc1cccc2cnccc12)C(N)=S. The van der Waals surface area contributed by atoms with Crippen LogP contribution in [0, 0.1) is 5.92 Å². The molecule has 2 rings (SSSR count). The Bertz CT molecular complexity index is 622. The highest BCUT2D eigenvalue weighted by Gasteiger charge is 2.19. The molecule has 1 unspecified atom stereocenters. The van der Waals surface area contributed by atoms with Gasteiger partial charge in [0.15, 0.2) is 0 Å². The van der Waals surface area contributed by atoms with Crippen molar-refractivity contribution in [2.24, 2.45) is 11.7 Å². The van der Waals surface area contributed by atoms with E-state index in [2.05, 4.69) is 10.3 Å². The van der Waals surface area contributed by atoms with E-state index >= 15 is 0 Å². The highest BCUT2D eigenvalue weighted by atomic mass is 32.1. The third kappa shape index (κ3) is 2.88. The van der Waals surface area contributed by atoms with Crippen LogP contribution in [0.2, 0.25) is 0 Å². The summed E-state index contributed by atoms with van der Waals surface area (Å²) in [5, 5.41) is 4.81. The molecular formula is C14H15N3OS. The van der Waals surface area contributed by atoms with Crippen LogP contribution in [0.25, 0.3) is 10.8 Å². The molecule has 4 nitrogen and oxygen atoms in total. The molecule has 2 aromatic rings. The van der Waals surface area contributed by atoms with Crippen LogP contribution in [-0.4, -0.2) is 15.9 Å². The zero-order chi connectivity index (χ0) is 13.8. The molecule has 1 aromatic carbocycles. The first-order valence-corrected chi connectivity index (χ1v) is 6.47. The van der Waals surface area contributed by atoms with Crippen molar-refractivity contribution in [3.05, 3.63) is 36.7 Å². The van der Waals surface area contributed by atoms with Crippen LogP contribution in [0.5, 0.6) is 0 Å². The number of fused-ring (bicyclic) bond motifs is 1. The third-order valence-corrected chi connectivity index (χ3v) is 3.29. The molecule has 1 aromatic heterocycles. The summed E-state index contributed by atoms with van der Waals surface area (Å²) in [6.07, 6.45) is 4.05. The summed E-state index contributed by atoms with van der Waals surface area (Å²) in [5.41, 5.74) is 6.32.